The minimum Gasteiger partial charge on any atom is -0.339 e. The van der Waals surface area contributed by atoms with Crippen LogP contribution in [-0.2, 0) is 4.79 Å². The molecule has 9 heteroatoms. The zero-order valence-corrected chi connectivity index (χ0v) is 17.9. The van der Waals surface area contributed by atoms with Gasteiger partial charge in [0.1, 0.15) is 0 Å². The number of aryl methyl sites for hydroxylation is 1. The summed E-state index contributed by atoms with van der Waals surface area (Å²) in [6.45, 7) is 4.24. The highest BCUT2D eigenvalue weighted by molar-refractivity contribution is 6.33. The lowest BCUT2D eigenvalue weighted by Gasteiger charge is -2.08. The highest BCUT2D eigenvalue weighted by Gasteiger charge is 2.12. The van der Waals surface area contributed by atoms with Crippen molar-refractivity contribution < 1.29 is 9.32 Å². The number of carbonyl (C=O) groups excluding carboxylic acids is 1. The summed E-state index contributed by atoms with van der Waals surface area (Å²) in [5.74, 6) is 1.46. The van der Waals surface area contributed by atoms with Crippen molar-refractivity contribution >= 4 is 34.7 Å². The van der Waals surface area contributed by atoms with Gasteiger partial charge in [0.2, 0.25) is 18.1 Å². The maximum atomic E-state index is 10.7. The Morgan fingerprint density at radius 1 is 1.10 bits per heavy atom. The quantitative estimate of drug-likeness (QED) is 0.403. The van der Waals surface area contributed by atoms with Gasteiger partial charge in [0.25, 0.3) is 0 Å². The molecule has 3 N–H and O–H groups in total. The first-order valence-electron chi connectivity index (χ1n) is 10.2. The van der Waals surface area contributed by atoms with Gasteiger partial charge < -0.3 is 15.2 Å². The Morgan fingerprint density at radius 3 is 2.55 bits per heavy atom. The largest absolute Gasteiger partial charge is 0.339 e. The fraction of sp³-hybridized carbons (Fsp3) is 0.273. The van der Waals surface area contributed by atoms with Crippen molar-refractivity contribution in [2.45, 2.75) is 26.2 Å². The Bertz CT molecular complexity index is 1170. The monoisotopic (exact) mass is 438 g/mol. The third-order valence-corrected chi connectivity index (χ3v) is 5.36. The van der Waals surface area contributed by atoms with Crippen molar-refractivity contribution in [3.63, 3.8) is 0 Å². The number of benzene rings is 2. The van der Waals surface area contributed by atoms with Crippen LogP contribution in [-0.4, -0.2) is 39.8 Å². The van der Waals surface area contributed by atoms with Crippen molar-refractivity contribution in [1.29, 1.82) is 0 Å². The van der Waals surface area contributed by atoms with Gasteiger partial charge in [-0.25, -0.2) is 0 Å². The predicted octanol–water partition coefficient (Wildman–Crippen LogP) is 4.57. The molecule has 8 nitrogen and oxygen atoms in total. The van der Waals surface area contributed by atoms with Gasteiger partial charge in [0.05, 0.1) is 5.52 Å². The summed E-state index contributed by atoms with van der Waals surface area (Å²) in [6, 6.07) is 11.3. The Balaban J connectivity index is 0.000000334. The Kier molecular flexibility index (Phi) is 6.59. The second-order valence-electron chi connectivity index (χ2n) is 7.24. The van der Waals surface area contributed by atoms with Crippen LogP contribution in [0.3, 0.4) is 0 Å². The molecule has 0 atom stereocenters. The molecule has 0 radical (unpaired) electrons. The minimum absolute atomic E-state index is 0.466. The molecule has 0 aliphatic carbocycles. The van der Waals surface area contributed by atoms with Crippen LogP contribution in [0.15, 0.2) is 40.9 Å². The number of nitrogens with one attached hydrogen (secondary N) is 3. The van der Waals surface area contributed by atoms with Crippen LogP contribution < -0.4 is 10.6 Å². The number of hydrogen-bond acceptors (Lipinski definition) is 6. The van der Waals surface area contributed by atoms with Crippen molar-refractivity contribution in [3.05, 3.63) is 47.3 Å². The molecule has 3 heterocycles. The van der Waals surface area contributed by atoms with E-state index in [0.29, 0.717) is 29.0 Å². The third kappa shape index (κ3) is 4.92. The van der Waals surface area contributed by atoms with Crippen LogP contribution in [0.2, 0.25) is 5.02 Å². The summed E-state index contributed by atoms with van der Waals surface area (Å²) in [6.07, 6.45) is 4.81. The van der Waals surface area contributed by atoms with Gasteiger partial charge in [-0.15, -0.1) is 0 Å². The molecule has 2 aromatic heterocycles. The second-order valence-corrected chi connectivity index (χ2v) is 7.64. The highest BCUT2D eigenvalue weighted by Crippen LogP contribution is 2.34. The number of fused-ring (bicyclic) bond motifs is 1. The minimum atomic E-state index is 0.466. The number of nitrogens with zero attached hydrogens (tertiary/aromatic N) is 3. The molecule has 1 aliphatic rings. The molecule has 2 aromatic carbocycles. The maximum absolute atomic E-state index is 10.7. The van der Waals surface area contributed by atoms with E-state index in [9.17, 15) is 4.79 Å². The molecule has 0 unspecified atom stereocenters. The first-order chi connectivity index (χ1) is 15.2. The molecule has 0 saturated carbocycles. The van der Waals surface area contributed by atoms with E-state index in [1.165, 1.54) is 32.4 Å². The first-order valence-corrected chi connectivity index (χ1v) is 10.5. The molecular formula is C22H23ClN6O2. The number of piperidine rings is 1. The number of amides is 1. The Labute approximate surface area is 184 Å². The topological polar surface area (TPSA) is 109 Å². The average Bonchev–Trinajstić information content (AvgIpc) is 3.42. The molecule has 4 aromatic rings. The van der Waals surface area contributed by atoms with Crippen molar-refractivity contribution in [1.82, 2.24) is 25.7 Å². The molecule has 1 fully saturated rings. The van der Waals surface area contributed by atoms with Gasteiger partial charge >= 0.3 is 0 Å². The molecule has 1 saturated heterocycles. The fourth-order valence-corrected chi connectivity index (χ4v) is 3.68. The zero-order valence-electron chi connectivity index (χ0n) is 17.1. The molecule has 5 rings (SSSR count). The van der Waals surface area contributed by atoms with Gasteiger partial charge in [0, 0.05) is 28.5 Å². The molecule has 0 spiro atoms. The smallest absolute Gasteiger partial charge is 0.223 e. The van der Waals surface area contributed by atoms with Gasteiger partial charge in [-0.3, -0.25) is 9.89 Å². The normalized spacial score (nSPS) is 13.5. The number of hydrogen-bond donors (Lipinski definition) is 3. The van der Waals surface area contributed by atoms with Crippen LogP contribution >= 0.6 is 11.6 Å². The number of aromatic nitrogens is 4. The van der Waals surface area contributed by atoms with E-state index in [4.69, 9.17) is 16.1 Å². The third-order valence-electron chi connectivity index (χ3n) is 5.03. The summed E-state index contributed by atoms with van der Waals surface area (Å²) >= 11 is 6.39. The predicted molar refractivity (Wildman–Crippen MR) is 121 cm³/mol. The molecular weight excluding hydrogens is 416 g/mol. The summed E-state index contributed by atoms with van der Waals surface area (Å²) in [5.41, 5.74) is 3.32. The SMILES string of the molecule is C1CCNCC1.Cc1nc(-c2ccc(Cl)c(-c3ccc4[nH]nc(NC=O)c4c3)c2)no1. The number of carbonyl (C=O) groups is 1. The number of aromatic amines is 1. The van der Waals surface area contributed by atoms with Gasteiger partial charge in [-0.05, 0) is 61.8 Å². The molecule has 160 valence electrons. The lowest BCUT2D eigenvalue weighted by Crippen LogP contribution is -2.21. The van der Waals surface area contributed by atoms with E-state index in [1.54, 1.807) is 13.0 Å². The van der Waals surface area contributed by atoms with Gasteiger partial charge in [0.15, 0.2) is 5.82 Å². The van der Waals surface area contributed by atoms with E-state index >= 15 is 0 Å². The summed E-state index contributed by atoms with van der Waals surface area (Å²) in [4.78, 5) is 15.0. The number of halogens is 1. The maximum Gasteiger partial charge on any atom is 0.223 e. The molecule has 0 bridgehead atoms. The van der Waals surface area contributed by atoms with Gasteiger partial charge in [-0.1, -0.05) is 29.2 Å². The van der Waals surface area contributed by atoms with Gasteiger partial charge in [-0.2, -0.15) is 10.1 Å². The van der Waals surface area contributed by atoms with E-state index in [-0.39, 0.29) is 0 Å². The van der Waals surface area contributed by atoms with E-state index < -0.39 is 0 Å². The van der Waals surface area contributed by atoms with E-state index in [2.05, 4.69) is 31.0 Å². The van der Waals surface area contributed by atoms with Crippen LogP contribution in [0.5, 0.6) is 0 Å². The van der Waals surface area contributed by atoms with Crippen molar-refractivity contribution in [2.75, 3.05) is 18.4 Å². The average molecular weight is 439 g/mol. The fourth-order valence-electron chi connectivity index (χ4n) is 3.45. The summed E-state index contributed by atoms with van der Waals surface area (Å²) in [5, 5.41) is 18.1. The molecule has 31 heavy (non-hydrogen) atoms. The Morgan fingerprint density at radius 2 is 1.90 bits per heavy atom. The summed E-state index contributed by atoms with van der Waals surface area (Å²) in [7, 11) is 0. The van der Waals surface area contributed by atoms with E-state index in [0.717, 1.165) is 27.6 Å². The standard InChI is InChI=1S/C17H12ClN5O2.C5H11N/c1-9-20-16(23-25-9)11-2-4-14(18)12(7-11)10-3-5-15-13(6-10)17(19-8-24)22-21-15;1-2-4-6-5-3-1/h2-8H,1H3,(H2,19,21,22,24);6H,1-5H2. The van der Waals surface area contributed by atoms with Crippen molar-refractivity contribution in [2.24, 2.45) is 0 Å². The summed E-state index contributed by atoms with van der Waals surface area (Å²) < 4.78 is 5.04. The van der Waals surface area contributed by atoms with Crippen LogP contribution in [0.1, 0.15) is 25.2 Å². The lowest BCUT2D eigenvalue weighted by atomic mass is 10.0. The molecule has 1 amide bonds. The first kappa shape index (κ1) is 21.0. The molecule has 1 aliphatic heterocycles. The highest BCUT2D eigenvalue weighted by atomic mass is 35.5. The van der Waals surface area contributed by atoms with Crippen LogP contribution in [0.25, 0.3) is 33.4 Å². The lowest BCUT2D eigenvalue weighted by molar-refractivity contribution is -0.105. The zero-order chi connectivity index (χ0) is 21.6. The Hall–Kier alpha value is -3.23. The van der Waals surface area contributed by atoms with Crippen LogP contribution in [0.4, 0.5) is 5.82 Å². The van der Waals surface area contributed by atoms with Crippen LogP contribution in [0, 0.1) is 6.92 Å². The second kappa shape index (κ2) is 9.72. The van der Waals surface area contributed by atoms with Crippen molar-refractivity contribution in [3.8, 4) is 22.5 Å². The van der Waals surface area contributed by atoms with E-state index in [1.807, 2.05) is 30.3 Å². The number of rotatable bonds is 4. The number of H-pyrrole nitrogens is 1. The number of anilines is 1.